The van der Waals surface area contributed by atoms with Gasteiger partial charge in [0.15, 0.2) is 0 Å². The first kappa shape index (κ1) is 26.6. The van der Waals surface area contributed by atoms with E-state index in [1.54, 1.807) is 24.5 Å². The van der Waals surface area contributed by atoms with Gasteiger partial charge in [0.1, 0.15) is 5.82 Å². The highest BCUT2D eigenvalue weighted by Gasteiger charge is 2.28. The molecule has 0 spiro atoms. The Morgan fingerprint density at radius 1 is 0.897 bits per heavy atom. The number of nitrogens with two attached hydrogens (primary N) is 1. The van der Waals surface area contributed by atoms with Crippen molar-refractivity contribution in [3.05, 3.63) is 89.5 Å². The average Bonchev–Trinajstić information content (AvgIpc) is 2.96. The number of urea groups is 1. The van der Waals surface area contributed by atoms with Gasteiger partial charge in [-0.1, -0.05) is 31.4 Å². The molecule has 2 heterocycles. The van der Waals surface area contributed by atoms with Crippen molar-refractivity contribution in [3.63, 3.8) is 0 Å². The molecule has 0 radical (unpaired) electrons. The molecule has 39 heavy (non-hydrogen) atoms. The Morgan fingerprint density at radius 3 is 2.23 bits per heavy atom. The van der Waals surface area contributed by atoms with Crippen molar-refractivity contribution in [1.82, 2.24) is 15.2 Å². The molecule has 9 heteroatoms. The first-order chi connectivity index (χ1) is 19.0. The summed E-state index contributed by atoms with van der Waals surface area (Å²) in [5.41, 5.74) is 9.42. The lowest BCUT2D eigenvalue weighted by molar-refractivity contribution is 0.1000. The van der Waals surface area contributed by atoms with Gasteiger partial charge in [-0.05, 0) is 66.4 Å². The maximum Gasteiger partial charge on any atom is 0.319 e. The van der Waals surface area contributed by atoms with Gasteiger partial charge in [0, 0.05) is 50.2 Å². The van der Waals surface area contributed by atoms with Crippen molar-refractivity contribution in [2.45, 2.75) is 44.2 Å². The minimum atomic E-state index is -0.540. The van der Waals surface area contributed by atoms with Crippen LogP contribution in [-0.2, 0) is 0 Å². The van der Waals surface area contributed by atoms with Gasteiger partial charge < -0.3 is 21.3 Å². The molecular formula is C30H35FN6O2. The molecule has 5 rings (SSSR count). The van der Waals surface area contributed by atoms with E-state index in [0.29, 0.717) is 24.3 Å². The van der Waals surface area contributed by atoms with Crippen LogP contribution in [0.3, 0.4) is 0 Å². The normalized spacial score (nSPS) is 17.4. The van der Waals surface area contributed by atoms with Crippen molar-refractivity contribution in [1.29, 1.82) is 0 Å². The third-order valence-corrected chi connectivity index (χ3v) is 7.70. The summed E-state index contributed by atoms with van der Waals surface area (Å²) in [6.07, 6.45) is 8.97. The lowest BCUT2D eigenvalue weighted by Crippen LogP contribution is -2.48. The lowest BCUT2D eigenvalue weighted by Gasteiger charge is -2.41. The predicted octanol–water partition coefficient (Wildman–Crippen LogP) is 4.69. The van der Waals surface area contributed by atoms with E-state index in [1.807, 2.05) is 30.3 Å². The van der Waals surface area contributed by atoms with Crippen LogP contribution in [0, 0.1) is 5.82 Å². The van der Waals surface area contributed by atoms with Crippen LogP contribution < -0.4 is 21.3 Å². The van der Waals surface area contributed by atoms with Crippen molar-refractivity contribution in [2.24, 2.45) is 5.73 Å². The molecule has 2 aromatic carbocycles. The summed E-state index contributed by atoms with van der Waals surface area (Å²) in [5, 5.41) is 6.07. The van der Waals surface area contributed by atoms with Crippen LogP contribution in [0.5, 0.6) is 0 Å². The molecule has 1 saturated heterocycles. The maximum atomic E-state index is 13.7. The zero-order valence-electron chi connectivity index (χ0n) is 22.0. The molecule has 1 aliphatic carbocycles. The van der Waals surface area contributed by atoms with E-state index in [2.05, 4.69) is 25.4 Å². The summed E-state index contributed by atoms with van der Waals surface area (Å²) in [5.74, 6) is -0.800. The number of anilines is 2. The Bertz CT molecular complexity index is 1270. The fourth-order valence-corrected chi connectivity index (χ4v) is 5.68. The average molecular weight is 531 g/mol. The van der Waals surface area contributed by atoms with Crippen molar-refractivity contribution in [3.8, 4) is 0 Å². The second-order valence-electron chi connectivity index (χ2n) is 10.3. The molecule has 1 aromatic heterocycles. The highest BCUT2D eigenvalue weighted by molar-refractivity contribution is 5.99. The summed E-state index contributed by atoms with van der Waals surface area (Å²) in [4.78, 5) is 33.5. The number of primary amides is 1. The predicted molar refractivity (Wildman–Crippen MR) is 150 cm³/mol. The quantitative estimate of drug-likeness (QED) is 0.411. The molecule has 1 aliphatic heterocycles. The van der Waals surface area contributed by atoms with Gasteiger partial charge in [0.25, 0.3) is 0 Å². The Balaban J connectivity index is 1.33. The molecule has 1 unspecified atom stereocenters. The summed E-state index contributed by atoms with van der Waals surface area (Å²) in [6, 6.07) is 15.7. The molecule has 3 amide bonds. The van der Waals surface area contributed by atoms with Crippen LogP contribution in [0.2, 0.25) is 0 Å². The molecule has 2 fully saturated rings. The largest absolute Gasteiger partial charge is 0.367 e. The van der Waals surface area contributed by atoms with Crippen molar-refractivity contribution in [2.75, 3.05) is 36.4 Å². The number of rotatable bonds is 7. The number of nitrogens with zero attached hydrogens (tertiary/aromatic N) is 3. The van der Waals surface area contributed by atoms with E-state index in [1.165, 1.54) is 18.6 Å². The first-order valence-electron chi connectivity index (χ1n) is 13.6. The molecular weight excluding hydrogens is 495 g/mol. The Morgan fingerprint density at radius 2 is 1.56 bits per heavy atom. The number of nitrogens with one attached hydrogen (secondary N) is 2. The number of halogens is 1. The zero-order chi connectivity index (χ0) is 27.2. The first-order valence-corrected chi connectivity index (χ1v) is 13.6. The molecule has 1 atom stereocenters. The van der Waals surface area contributed by atoms with E-state index in [4.69, 9.17) is 5.73 Å². The lowest BCUT2D eigenvalue weighted by atomic mass is 9.96. The summed E-state index contributed by atoms with van der Waals surface area (Å²) in [7, 11) is 0. The number of hydrogen-bond acceptors (Lipinski definition) is 5. The molecule has 4 N–H and O–H groups in total. The number of aromatic nitrogens is 1. The second-order valence-corrected chi connectivity index (χ2v) is 10.3. The minimum absolute atomic E-state index is 0.0353. The van der Waals surface area contributed by atoms with E-state index < -0.39 is 5.91 Å². The van der Waals surface area contributed by atoms with Crippen LogP contribution in [0.15, 0.2) is 67.0 Å². The topological polar surface area (TPSA) is 104 Å². The number of pyridine rings is 1. The Hall–Kier alpha value is -3.98. The van der Waals surface area contributed by atoms with Crippen LogP contribution in [0.1, 0.15) is 59.6 Å². The third kappa shape index (κ3) is 6.54. The number of benzene rings is 2. The van der Waals surface area contributed by atoms with Gasteiger partial charge in [-0.25, -0.2) is 9.18 Å². The molecule has 204 valence electrons. The molecule has 1 saturated carbocycles. The van der Waals surface area contributed by atoms with Gasteiger partial charge in [-0.15, -0.1) is 0 Å². The van der Waals surface area contributed by atoms with Gasteiger partial charge in [0.2, 0.25) is 5.91 Å². The van der Waals surface area contributed by atoms with Crippen molar-refractivity contribution < 1.29 is 14.0 Å². The monoisotopic (exact) mass is 530 g/mol. The molecule has 2 aliphatic rings. The Labute approximate surface area is 228 Å². The van der Waals surface area contributed by atoms with E-state index in [0.717, 1.165) is 55.6 Å². The summed E-state index contributed by atoms with van der Waals surface area (Å²) >= 11 is 0. The van der Waals surface area contributed by atoms with Crippen LogP contribution in [-0.4, -0.2) is 54.0 Å². The third-order valence-electron chi connectivity index (χ3n) is 7.70. The molecule has 0 bridgehead atoms. The number of hydrogen-bond donors (Lipinski definition) is 3. The van der Waals surface area contributed by atoms with Gasteiger partial charge in [0.05, 0.1) is 17.4 Å². The van der Waals surface area contributed by atoms with Gasteiger partial charge in [-0.3, -0.25) is 14.7 Å². The second kappa shape index (κ2) is 12.3. The number of amides is 3. The number of piperazine rings is 1. The number of carbonyl (C=O) groups excluding carboxylic acids is 2. The summed E-state index contributed by atoms with van der Waals surface area (Å²) in [6.45, 7) is 2.90. The zero-order valence-corrected chi connectivity index (χ0v) is 22.0. The fourth-order valence-electron chi connectivity index (χ4n) is 5.68. The molecule has 8 nitrogen and oxygen atoms in total. The summed E-state index contributed by atoms with van der Waals surface area (Å²) < 4.78 is 13.7. The van der Waals surface area contributed by atoms with E-state index in [9.17, 15) is 14.0 Å². The molecule has 3 aromatic rings. The Kier molecular flexibility index (Phi) is 8.36. The van der Waals surface area contributed by atoms with Crippen LogP contribution in [0.4, 0.5) is 20.6 Å². The number of carbonyl (C=O) groups is 2. The fraction of sp³-hybridized carbons (Fsp3) is 0.367. The van der Waals surface area contributed by atoms with Crippen LogP contribution >= 0.6 is 0 Å². The SMILES string of the molecule is NC(=O)c1ccc(N2CCN(C(c3ccncc3)c3ccc(F)cc3)CC2)c(NC(=O)NC2CCCCC2)c1. The standard InChI is InChI=1S/C30H35FN6O2/c31-24-9-6-21(7-10-24)28(22-12-14-33-15-13-22)37-18-16-36(17-19-37)27-11-8-23(29(32)38)20-26(27)35-30(39)34-25-4-2-1-3-5-25/h6-15,20,25,28H,1-5,16-19H2,(H2,32,38)(H2,34,35,39). The van der Waals surface area contributed by atoms with E-state index in [-0.39, 0.29) is 23.9 Å². The highest BCUT2D eigenvalue weighted by atomic mass is 19.1. The minimum Gasteiger partial charge on any atom is -0.367 e. The smallest absolute Gasteiger partial charge is 0.319 e. The van der Waals surface area contributed by atoms with Gasteiger partial charge in [-0.2, -0.15) is 0 Å². The van der Waals surface area contributed by atoms with Gasteiger partial charge >= 0.3 is 6.03 Å². The van der Waals surface area contributed by atoms with Crippen molar-refractivity contribution >= 4 is 23.3 Å². The van der Waals surface area contributed by atoms with E-state index >= 15 is 0 Å². The highest BCUT2D eigenvalue weighted by Crippen LogP contribution is 2.33. The maximum absolute atomic E-state index is 13.7. The van der Waals surface area contributed by atoms with Crippen LogP contribution in [0.25, 0.3) is 0 Å².